The molecule has 1 unspecified atom stereocenters. The molecule has 0 heterocycles. The normalized spacial score (nSPS) is 24.1. The quantitative estimate of drug-likeness (QED) is 0.381. The summed E-state index contributed by atoms with van der Waals surface area (Å²) >= 11 is 0. The van der Waals surface area contributed by atoms with Crippen LogP contribution in [0.4, 0.5) is 0 Å². The minimum Gasteiger partial charge on any atom is -0.0909 e. The van der Waals surface area contributed by atoms with Crippen LogP contribution in [-0.2, 0) is 0 Å². The third-order valence-corrected chi connectivity index (χ3v) is 3.62. The Bertz CT molecular complexity index is 436. The Kier molecular flexibility index (Phi) is 3.70. The molecule has 2 atom stereocenters. The van der Waals surface area contributed by atoms with Gasteiger partial charge in [0.2, 0.25) is 0 Å². The van der Waals surface area contributed by atoms with Crippen LogP contribution < -0.4 is 0 Å². The molecule has 0 N–H and O–H groups in total. The zero-order valence-corrected chi connectivity index (χ0v) is 10.6. The minimum atomic E-state index is 0.0709. The Morgan fingerprint density at radius 2 is 2.41 bits per heavy atom. The average Bonchev–Trinajstić information content (AvgIpc) is 2.73. The fourth-order valence-corrected chi connectivity index (χ4v) is 2.86. The van der Waals surface area contributed by atoms with Crippen LogP contribution >= 0.6 is 0 Å². The first kappa shape index (κ1) is 12.0. The molecule has 0 fully saturated rings. The number of hydrogen-bond acceptors (Lipinski definition) is 1. The topological polar surface area (TPSA) is 48.8 Å². The summed E-state index contributed by atoms with van der Waals surface area (Å²) in [6, 6.07) is 0.0709. The van der Waals surface area contributed by atoms with Gasteiger partial charge in [-0.25, -0.2) is 0 Å². The fraction of sp³-hybridized carbons (Fsp3) is 0.571. The van der Waals surface area contributed by atoms with Crippen LogP contribution in [0.1, 0.15) is 39.5 Å². The van der Waals surface area contributed by atoms with Crippen molar-refractivity contribution in [1.82, 2.24) is 0 Å². The van der Waals surface area contributed by atoms with Crippen molar-refractivity contribution in [3.8, 4) is 0 Å². The lowest BCUT2D eigenvalue weighted by molar-refractivity contribution is 0.580. The number of allylic oxidation sites excluding steroid dienone is 6. The van der Waals surface area contributed by atoms with Crippen molar-refractivity contribution in [2.75, 3.05) is 0 Å². The third-order valence-electron chi connectivity index (χ3n) is 3.62. The second-order valence-corrected chi connectivity index (χ2v) is 4.82. The van der Waals surface area contributed by atoms with E-state index in [2.05, 4.69) is 35.2 Å². The first-order valence-electron chi connectivity index (χ1n) is 6.41. The smallest absolute Gasteiger partial charge is 0.0354 e. The predicted molar refractivity (Wildman–Crippen MR) is 70.5 cm³/mol. The van der Waals surface area contributed by atoms with E-state index in [1.807, 2.05) is 6.92 Å². The van der Waals surface area contributed by atoms with Crippen molar-refractivity contribution in [2.24, 2.45) is 11.0 Å². The molecule has 90 valence electrons. The number of hydrogen-bond donors (Lipinski definition) is 0. The Hall–Kier alpha value is -1.47. The molecule has 17 heavy (non-hydrogen) atoms. The monoisotopic (exact) mass is 229 g/mol. The molecule has 0 amide bonds. The summed E-state index contributed by atoms with van der Waals surface area (Å²) < 4.78 is 0. The molecule has 0 bridgehead atoms. The van der Waals surface area contributed by atoms with Gasteiger partial charge in [0.05, 0.1) is 0 Å². The van der Waals surface area contributed by atoms with Crippen LogP contribution in [0.15, 0.2) is 40.1 Å². The van der Waals surface area contributed by atoms with Gasteiger partial charge in [-0.05, 0) is 47.9 Å². The summed E-state index contributed by atoms with van der Waals surface area (Å²) in [6.45, 7) is 4.21. The van der Waals surface area contributed by atoms with Crippen molar-refractivity contribution in [2.45, 2.75) is 45.6 Å². The molecule has 0 aliphatic heterocycles. The fourth-order valence-electron chi connectivity index (χ4n) is 2.86. The highest BCUT2D eigenvalue weighted by molar-refractivity contribution is 5.50. The van der Waals surface area contributed by atoms with E-state index in [0.717, 1.165) is 12.8 Å². The zero-order chi connectivity index (χ0) is 12.3. The van der Waals surface area contributed by atoms with Gasteiger partial charge in [-0.3, -0.25) is 0 Å². The maximum Gasteiger partial charge on any atom is 0.0354 e. The summed E-state index contributed by atoms with van der Waals surface area (Å²) in [5.41, 5.74) is 13.0. The zero-order valence-electron chi connectivity index (χ0n) is 10.6. The summed E-state index contributed by atoms with van der Waals surface area (Å²) in [5.74, 6) is 0.456. The molecule has 0 saturated heterocycles. The Balaban J connectivity index is 2.16. The first-order valence-corrected chi connectivity index (χ1v) is 6.41. The first-order chi connectivity index (χ1) is 8.26. The maximum absolute atomic E-state index is 8.46. The molecule has 0 aromatic carbocycles. The van der Waals surface area contributed by atoms with E-state index in [9.17, 15) is 0 Å². The Labute approximate surface area is 103 Å². The SMILES string of the molecule is CCC1=CCCC2=C1C(C[C@H](C)N=[N+]=[N-])C=C2. The van der Waals surface area contributed by atoms with Crippen LogP contribution in [0.2, 0.25) is 0 Å². The van der Waals surface area contributed by atoms with Crippen molar-refractivity contribution >= 4 is 0 Å². The molecule has 2 rings (SSSR count). The van der Waals surface area contributed by atoms with Gasteiger partial charge < -0.3 is 0 Å². The van der Waals surface area contributed by atoms with E-state index in [1.165, 1.54) is 29.6 Å². The lowest BCUT2D eigenvalue weighted by Gasteiger charge is -2.22. The number of azide groups is 1. The summed E-state index contributed by atoms with van der Waals surface area (Å²) in [7, 11) is 0. The molecule has 0 spiro atoms. The van der Waals surface area contributed by atoms with Gasteiger partial charge in [0.25, 0.3) is 0 Å². The van der Waals surface area contributed by atoms with E-state index in [4.69, 9.17) is 5.53 Å². The van der Waals surface area contributed by atoms with Crippen LogP contribution in [0.5, 0.6) is 0 Å². The van der Waals surface area contributed by atoms with Crippen LogP contribution in [0.25, 0.3) is 10.4 Å². The lowest BCUT2D eigenvalue weighted by atomic mass is 9.83. The molecular formula is C14H19N3. The number of nitrogens with zero attached hydrogens (tertiary/aromatic N) is 3. The molecule has 3 heteroatoms. The van der Waals surface area contributed by atoms with Gasteiger partial charge >= 0.3 is 0 Å². The van der Waals surface area contributed by atoms with E-state index < -0.39 is 0 Å². The van der Waals surface area contributed by atoms with Crippen LogP contribution in [0.3, 0.4) is 0 Å². The number of rotatable bonds is 4. The maximum atomic E-state index is 8.46. The van der Waals surface area contributed by atoms with Crippen LogP contribution in [-0.4, -0.2) is 6.04 Å². The lowest BCUT2D eigenvalue weighted by Crippen LogP contribution is -2.11. The van der Waals surface area contributed by atoms with E-state index in [1.54, 1.807) is 0 Å². The standard InChI is InChI=1S/C14H19N3/c1-3-11-5-4-6-12-7-8-13(14(11)12)9-10(2)16-17-15/h5,7-8,10,13H,3-4,6,9H2,1-2H3/t10-,13?/m0/s1. The largest absolute Gasteiger partial charge is 0.0909 e. The molecule has 0 saturated carbocycles. The summed E-state index contributed by atoms with van der Waals surface area (Å²) in [5, 5.41) is 3.78. The van der Waals surface area contributed by atoms with Crippen LogP contribution in [0, 0.1) is 5.92 Å². The average molecular weight is 229 g/mol. The third kappa shape index (κ3) is 2.45. The molecule has 0 aromatic heterocycles. The second kappa shape index (κ2) is 5.24. The summed E-state index contributed by atoms with van der Waals surface area (Å²) in [4.78, 5) is 2.89. The second-order valence-electron chi connectivity index (χ2n) is 4.82. The van der Waals surface area contributed by atoms with Gasteiger partial charge in [-0.2, -0.15) is 0 Å². The van der Waals surface area contributed by atoms with Crippen molar-refractivity contribution in [3.05, 3.63) is 45.4 Å². The predicted octanol–water partition coefficient (Wildman–Crippen LogP) is 4.69. The van der Waals surface area contributed by atoms with Gasteiger partial charge in [-0.15, -0.1) is 0 Å². The molecule has 2 aliphatic carbocycles. The van der Waals surface area contributed by atoms with E-state index in [-0.39, 0.29) is 6.04 Å². The van der Waals surface area contributed by atoms with Crippen molar-refractivity contribution in [3.63, 3.8) is 0 Å². The highest BCUT2D eigenvalue weighted by atomic mass is 15.1. The highest BCUT2D eigenvalue weighted by Gasteiger charge is 2.25. The van der Waals surface area contributed by atoms with Crippen molar-refractivity contribution < 1.29 is 0 Å². The van der Waals surface area contributed by atoms with Gasteiger partial charge in [0.1, 0.15) is 0 Å². The molecule has 2 aliphatic rings. The molecule has 3 nitrogen and oxygen atoms in total. The molecular weight excluding hydrogens is 210 g/mol. The van der Waals surface area contributed by atoms with E-state index in [0.29, 0.717) is 5.92 Å². The van der Waals surface area contributed by atoms with Gasteiger partial charge in [0, 0.05) is 16.9 Å². The van der Waals surface area contributed by atoms with Gasteiger partial charge in [0.15, 0.2) is 0 Å². The van der Waals surface area contributed by atoms with Gasteiger partial charge in [-0.1, -0.05) is 37.2 Å². The minimum absolute atomic E-state index is 0.0709. The Morgan fingerprint density at radius 1 is 1.59 bits per heavy atom. The molecule has 0 aromatic rings. The molecule has 0 radical (unpaired) electrons. The summed E-state index contributed by atoms with van der Waals surface area (Å²) in [6.07, 6.45) is 11.3. The van der Waals surface area contributed by atoms with E-state index >= 15 is 0 Å². The highest BCUT2D eigenvalue weighted by Crippen LogP contribution is 2.40. The Morgan fingerprint density at radius 3 is 3.12 bits per heavy atom. The van der Waals surface area contributed by atoms with Crippen molar-refractivity contribution in [1.29, 1.82) is 0 Å².